The third kappa shape index (κ3) is 4.66. The van der Waals surface area contributed by atoms with Crippen molar-refractivity contribution in [3.05, 3.63) is 11.6 Å². The third-order valence-electron chi connectivity index (χ3n) is 11.9. The minimum absolute atomic E-state index is 0.0268. The Morgan fingerprint density at radius 2 is 1.79 bits per heavy atom. The Morgan fingerprint density at radius 3 is 2.47 bits per heavy atom. The molecule has 9 atom stereocenters. The number of ether oxygens (including phenoxy) is 1. The molecule has 2 nitrogen and oxygen atoms in total. The average molecular weight is 471 g/mol. The highest BCUT2D eigenvalue weighted by Gasteiger charge is 2.59. The molecule has 3 fully saturated rings. The second-order valence-electron chi connectivity index (χ2n) is 13.7. The molecule has 0 aromatic heterocycles. The van der Waals surface area contributed by atoms with Gasteiger partial charge in [-0.3, -0.25) is 4.79 Å². The van der Waals surface area contributed by atoms with Crippen molar-refractivity contribution in [2.24, 2.45) is 52.3 Å². The Hall–Kier alpha value is -0.790. The molecule has 0 aliphatic heterocycles. The van der Waals surface area contributed by atoms with Crippen molar-refractivity contribution in [3.8, 4) is 0 Å². The summed E-state index contributed by atoms with van der Waals surface area (Å²) in [6.45, 7) is 17.0. The van der Waals surface area contributed by atoms with E-state index in [-0.39, 0.29) is 12.1 Å². The van der Waals surface area contributed by atoms with E-state index in [0.29, 0.717) is 17.3 Å². The number of carbonyl (C=O) groups is 1. The quantitative estimate of drug-likeness (QED) is 0.261. The summed E-state index contributed by atoms with van der Waals surface area (Å²) in [7, 11) is 0. The highest BCUT2D eigenvalue weighted by Crippen LogP contribution is 2.67. The fourth-order valence-corrected chi connectivity index (χ4v) is 9.66. The van der Waals surface area contributed by atoms with E-state index in [4.69, 9.17) is 4.74 Å². The summed E-state index contributed by atoms with van der Waals surface area (Å²) >= 11 is 0. The van der Waals surface area contributed by atoms with Crippen molar-refractivity contribution in [3.63, 3.8) is 0 Å². The van der Waals surface area contributed by atoms with Gasteiger partial charge in [0.05, 0.1) is 0 Å². The number of esters is 1. The second-order valence-corrected chi connectivity index (χ2v) is 13.7. The van der Waals surface area contributed by atoms with Gasteiger partial charge in [-0.2, -0.15) is 0 Å². The van der Waals surface area contributed by atoms with Crippen LogP contribution >= 0.6 is 0 Å². The van der Waals surface area contributed by atoms with E-state index in [9.17, 15) is 4.79 Å². The average Bonchev–Trinajstić information content (AvgIpc) is 3.16. The van der Waals surface area contributed by atoms with Crippen LogP contribution in [0, 0.1) is 52.3 Å². The number of carbonyl (C=O) groups excluding carboxylic acids is 1. The van der Waals surface area contributed by atoms with Crippen molar-refractivity contribution in [2.75, 3.05) is 0 Å². The van der Waals surface area contributed by atoms with Crippen LogP contribution in [-0.2, 0) is 9.53 Å². The third-order valence-corrected chi connectivity index (χ3v) is 11.9. The van der Waals surface area contributed by atoms with Gasteiger partial charge in [0, 0.05) is 12.8 Å². The lowest BCUT2D eigenvalue weighted by molar-refractivity contribution is -0.151. The summed E-state index contributed by atoms with van der Waals surface area (Å²) < 4.78 is 5.78. The summed E-state index contributed by atoms with van der Waals surface area (Å²) in [5, 5.41) is 0. The molecule has 0 aromatic rings. The van der Waals surface area contributed by atoms with Crippen LogP contribution in [0.1, 0.15) is 126 Å². The molecule has 0 saturated heterocycles. The predicted octanol–water partition coefficient (Wildman–Crippen LogP) is 8.99. The SMILES string of the molecule is CCC(=O)OC1CCC2(C)C(=CCC3C2CCC2(C)C(C(C)CCC(CC)C(C)C)CCC32)C1. The van der Waals surface area contributed by atoms with Gasteiger partial charge < -0.3 is 4.74 Å². The standard InChI is InChI=1S/C32H54O2/c1-8-23(21(3)4)11-10-22(5)27-14-15-28-26-13-12-24-20-25(34-30(33)9-2)16-18-31(24,6)29(26)17-19-32(27,28)7/h12,21-23,25-29H,8-11,13-20H2,1-7H3. The molecule has 34 heavy (non-hydrogen) atoms. The van der Waals surface area contributed by atoms with Crippen molar-refractivity contribution in [1.82, 2.24) is 0 Å². The van der Waals surface area contributed by atoms with Crippen LogP contribution in [0.2, 0.25) is 0 Å². The second kappa shape index (κ2) is 10.3. The Kier molecular flexibility index (Phi) is 7.96. The smallest absolute Gasteiger partial charge is 0.305 e. The van der Waals surface area contributed by atoms with E-state index >= 15 is 0 Å². The van der Waals surface area contributed by atoms with Gasteiger partial charge in [0.25, 0.3) is 0 Å². The number of allylic oxidation sites excluding steroid dienone is 1. The maximum atomic E-state index is 11.9. The highest BCUT2D eigenvalue weighted by atomic mass is 16.5. The summed E-state index contributed by atoms with van der Waals surface area (Å²) in [5.41, 5.74) is 2.52. The van der Waals surface area contributed by atoms with E-state index in [1.807, 2.05) is 6.92 Å². The minimum Gasteiger partial charge on any atom is -0.462 e. The van der Waals surface area contributed by atoms with Crippen molar-refractivity contribution in [2.45, 2.75) is 132 Å². The molecule has 9 unspecified atom stereocenters. The zero-order valence-corrected chi connectivity index (χ0v) is 23.5. The Labute approximate surface area is 211 Å². The first kappa shape index (κ1) is 26.3. The zero-order valence-electron chi connectivity index (χ0n) is 23.5. The molecule has 4 aliphatic carbocycles. The van der Waals surface area contributed by atoms with E-state index in [0.717, 1.165) is 54.3 Å². The molecule has 0 aromatic carbocycles. The van der Waals surface area contributed by atoms with Gasteiger partial charge in [0.2, 0.25) is 0 Å². The molecule has 0 heterocycles. The normalized spacial score (nSPS) is 41.2. The zero-order chi connectivity index (χ0) is 24.7. The first-order valence-corrected chi connectivity index (χ1v) is 15.0. The number of hydrogen-bond donors (Lipinski definition) is 0. The van der Waals surface area contributed by atoms with E-state index in [2.05, 4.69) is 47.6 Å². The monoisotopic (exact) mass is 470 g/mol. The molecule has 4 rings (SSSR count). The van der Waals surface area contributed by atoms with E-state index in [1.165, 1.54) is 57.8 Å². The fraction of sp³-hybridized carbons (Fsp3) is 0.906. The van der Waals surface area contributed by atoms with Gasteiger partial charge >= 0.3 is 5.97 Å². The van der Waals surface area contributed by atoms with Gasteiger partial charge in [-0.15, -0.1) is 0 Å². The molecule has 0 N–H and O–H groups in total. The Bertz CT molecular complexity index is 752. The van der Waals surface area contributed by atoms with Crippen LogP contribution in [0.4, 0.5) is 0 Å². The maximum absolute atomic E-state index is 11.9. The van der Waals surface area contributed by atoms with E-state index < -0.39 is 0 Å². The highest BCUT2D eigenvalue weighted by molar-refractivity contribution is 5.69. The molecular formula is C32H54O2. The summed E-state index contributed by atoms with van der Waals surface area (Å²) in [5.74, 6) is 6.11. The molecule has 0 radical (unpaired) electrons. The van der Waals surface area contributed by atoms with Crippen LogP contribution in [0.25, 0.3) is 0 Å². The lowest BCUT2D eigenvalue weighted by Gasteiger charge is -2.58. The van der Waals surface area contributed by atoms with Gasteiger partial charge in [-0.05, 0) is 104 Å². The fourth-order valence-electron chi connectivity index (χ4n) is 9.66. The van der Waals surface area contributed by atoms with Crippen LogP contribution in [-0.4, -0.2) is 12.1 Å². The Morgan fingerprint density at radius 1 is 1.03 bits per heavy atom. The molecule has 3 saturated carbocycles. The van der Waals surface area contributed by atoms with Gasteiger partial charge in [-0.1, -0.05) is 73.0 Å². The van der Waals surface area contributed by atoms with E-state index in [1.54, 1.807) is 5.57 Å². The first-order valence-electron chi connectivity index (χ1n) is 15.0. The van der Waals surface area contributed by atoms with Crippen molar-refractivity contribution in [1.29, 1.82) is 0 Å². The molecular weight excluding hydrogens is 416 g/mol. The van der Waals surface area contributed by atoms with Crippen LogP contribution in [0.5, 0.6) is 0 Å². The first-order chi connectivity index (χ1) is 16.1. The van der Waals surface area contributed by atoms with Crippen LogP contribution < -0.4 is 0 Å². The van der Waals surface area contributed by atoms with Crippen LogP contribution in [0.15, 0.2) is 11.6 Å². The van der Waals surface area contributed by atoms with Crippen molar-refractivity contribution < 1.29 is 9.53 Å². The Balaban J connectivity index is 1.44. The molecule has 4 aliphatic rings. The van der Waals surface area contributed by atoms with Crippen LogP contribution in [0.3, 0.4) is 0 Å². The number of fused-ring (bicyclic) bond motifs is 5. The summed E-state index contributed by atoms with van der Waals surface area (Å²) in [4.78, 5) is 11.9. The minimum atomic E-state index is -0.0268. The molecule has 0 amide bonds. The number of rotatable bonds is 8. The van der Waals surface area contributed by atoms with Gasteiger partial charge in [0.1, 0.15) is 6.10 Å². The molecule has 0 spiro atoms. The number of hydrogen-bond acceptors (Lipinski definition) is 2. The topological polar surface area (TPSA) is 26.3 Å². The van der Waals surface area contributed by atoms with Crippen molar-refractivity contribution >= 4 is 5.97 Å². The molecule has 194 valence electrons. The summed E-state index contributed by atoms with van der Waals surface area (Å²) in [6.07, 6.45) is 17.7. The molecule has 2 heteroatoms. The van der Waals surface area contributed by atoms with Gasteiger partial charge in [-0.25, -0.2) is 0 Å². The maximum Gasteiger partial charge on any atom is 0.305 e. The largest absolute Gasteiger partial charge is 0.462 e. The summed E-state index contributed by atoms with van der Waals surface area (Å²) in [6, 6.07) is 0. The molecule has 0 bridgehead atoms. The lowest BCUT2D eigenvalue weighted by atomic mass is 9.47. The lowest BCUT2D eigenvalue weighted by Crippen LogP contribution is -2.51. The van der Waals surface area contributed by atoms with Gasteiger partial charge in [0.15, 0.2) is 0 Å². The predicted molar refractivity (Wildman–Crippen MR) is 142 cm³/mol.